The van der Waals surface area contributed by atoms with Crippen LogP contribution in [0.4, 0.5) is 4.79 Å². The van der Waals surface area contributed by atoms with Gasteiger partial charge < -0.3 is 15.0 Å². The average Bonchev–Trinajstić information content (AvgIpc) is 2.86. The van der Waals surface area contributed by atoms with Crippen molar-refractivity contribution in [3.63, 3.8) is 0 Å². The Morgan fingerprint density at radius 3 is 2.50 bits per heavy atom. The third-order valence-electron chi connectivity index (χ3n) is 3.71. The Bertz CT molecular complexity index is 514. The largest absolute Gasteiger partial charge is 0.372 e. The van der Waals surface area contributed by atoms with Crippen LogP contribution >= 0.6 is 11.3 Å². The fourth-order valence-electron chi connectivity index (χ4n) is 2.51. The summed E-state index contributed by atoms with van der Waals surface area (Å²) in [6, 6.07) is -0.121. The van der Waals surface area contributed by atoms with Crippen LogP contribution in [0.2, 0.25) is 0 Å². The molecule has 22 heavy (non-hydrogen) atoms. The number of nitrogens with one attached hydrogen (secondary N) is 1. The first-order chi connectivity index (χ1) is 10.2. The summed E-state index contributed by atoms with van der Waals surface area (Å²) in [7, 11) is 0. The summed E-state index contributed by atoms with van der Waals surface area (Å²) in [6.45, 7) is 13.7. The van der Waals surface area contributed by atoms with Gasteiger partial charge in [-0.15, -0.1) is 11.3 Å². The SMILES string of the molecule is C[C@@H]1CN(C(=O)N[C@H](C)c2nc(C(C)(C)C)cs2)C[C@H](C)O1. The fourth-order valence-corrected chi connectivity index (χ4v) is 3.57. The molecule has 0 bridgehead atoms. The number of rotatable bonds is 2. The van der Waals surface area contributed by atoms with Gasteiger partial charge in [-0.25, -0.2) is 9.78 Å². The summed E-state index contributed by atoms with van der Waals surface area (Å²) in [5.74, 6) is 0. The van der Waals surface area contributed by atoms with Gasteiger partial charge in [0.1, 0.15) is 5.01 Å². The molecule has 2 rings (SSSR count). The van der Waals surface area contributed by atoms with Crippen LogP contribution in [-0.4, -0.2) is 41.2 Å². The molecule has 124 valence electrons. The Labute approximate surface area is 137 Å². The lowest BCUT2D eigenvalue weighted by atomic mass is 9.93. The highest BCUT2D eigenvalue weighted by Gasteiger charge is 2.27. The summed E-state index contributed by atoms with van der Waals surface area (Å²) >= 11 is 1.61. The number of carbonyl (C=O) groups is 1. The minimum absolute atomic E-state index is 0.0353. The molecule has 0 aromatic carbocycles. The van der Waals surface area contributed by atoms with Crippen LogP contribution in [0.25, 0.3) is 0 Å². The maximum Gasteiger partial charge on any atom is 0.318 e. The van der Waals surface area contributed by atoms with E-state index in [0.717, 1.165) is 10.7 Å². The van der Waals surface area contributed by atoms with E-state index >= 15 is 0 Å². The van der Waals surface area contributed by atoms with Crippen molar-refractivity contribution in [3.8, 4) is 0 Å². The second-order valence-electron chi connectivity index (χ2n) is 7.15. The minimum Gasteiger partial charge on any atom is -0.372 e. The van der Waals surface area contributed by atoms with Gasteiger partial charge in [0.2, 0.25) is 0 Å². The molecule has 5 nitrogen and oxygen atoms in total. The molecule has 1 aliphatic heterocycles. The van der Waals surface area contributed by atoms with Gasteiger partial charge in [0.15, 0.2) is 0 Å². The van der Waals surface area contributed by atoms with Gasteiger partial charge in [-0.3, -0.25) is 0 Å². The van der Waals surface area contributed by atoms with Crippen molar-refractivity contribution < 1.29 is 9.53 Å². The van der Waals surface area contributed by atoms with E-state index in [2.05, 4.69) is 36.5 Å². The second-order valence-corrected chi connectivity index (χ2v) is 8.04. The van der Waals surface area contributed by atoms with E-state index in [-0.39, 0.29) is 29.7 Å². The van der Waals surface area contributed by atoms with E-state index in [9.17, 15) is 4.79 Å². The summed E-state index contributed by atoms with van der Waals surface area (Å²) in [5.41, 5.74) is 1.11. The van der Waals surface area contributed by atoms with E-state index < -0.39 is 0 Å². The molecule has 1 saturated heterocycles. The molecular formula is C16H27N3O2S. The highest BCUT2D eigenvalue weighted by molar-refractivity contribution is 7.09. The van der Waals surface area contributed by atoms with E-state index in [1.165, 1.54) is 0 Å². The lowest BCUT2D eigenvalue weighted by Crippen LogP contribution is -2.52. The third-order valence-corrected chi connectivity index (χ3v) is 4.74. The van der Waals surface area contributed by atoms with Crippen LogP contribution in [0.5, 0.6) is 0 Å². The maximum atomic E-state index is 12.4. The molecule has 1 aromatic heterocycles. The molecule has 0 saturated carbocycles. The Morgan fingerprint density at radius 2 is 2.00 bits per heavy atom. The van der Waals surface area contributed by atoms with Gasteiger partial charge in [0.25, 0.3) is 0 Å². The Balaban J connectivity index is 1.97. The number of morpholine rings is 1. The van der Waals surface area contributed by atoms with Crippen molar-refractivity contribution in [2.24, 2.45) is 0 Å². The molecular weight excluding hydrogens is 298 g/mol. The molecule has 3 atom stereocenters. The van der Waals surface area contributed by atoms with Gasteiger partial charge in [0, 0.05) is 23.9 Å². The zero-order valence-corrected chi connectivity index (χ0v) is 15.2. The van der Waals surface area contributed by atoms with Crippen molar-refractivity contribution in [3.05, 3.63) is 16.1 Å². The molecule has 0 radical (unpaired) electrons. The second kappa shape index (κ2) is 6.54. The summed E-state index contributed by atoms with van der Waals surface area (Å²) in [5, 5.41) is 6.08. The zero-order chi connectivity index (χ0) is 16.5. The van der Waals surface area contributed by atoms with Crippen LogP contribution in [0.1, 0.15) is 58.3 Å². The summed E-state index contributed by atoms with van der Waals surface area (Å²) in [6.07, 6.45) is 0.161. The number of thiazole rings is 1. The van der Waals surface area contributed by atoms with E-state index in [4.69, 9.17) is 4.74 Å². The molecule has 1 N–H and O–H groups in total. The predicted octanol–water partition coefficient (Wildman–Crippen LogP) is 3.32. The van der Waals surface area contributed by atoms with Crippen LogP contribution in [0.3, 0.4) is 0 Å². The van der Waals surface area contributed by atoms with Crippen molar-refractivity contribution >= 4 is 17.4 Å². The fraction of sp³-hybridized carbons (Fsp3) is 0.750. The molecule has 0 spiro atoms. The highest BCUT2D eigenvalue weighted by Crippen LogP contribution is 2.26. The lowest BCUT2D eigenvalue weighted by Gasteiger charge is -2.35. The molecule has 0 aliphatic carbocycles. The monoisotopic (exact) mass is 325 g/mol. The van der Waals surface area contributed by atoms with Gasteiger partial charge in [0.05, 0.1) is 23.9 Å². The van der Waals surface area contributed by atoms with Crippen molar-refractivity contribution in [2.45, 2.75) is 65.2 Å². The topological polar surface area (TPSA) is 54.5 Å². The Kier molecular flexibility index (Phi) is 5.12. The molecule has 0 unspecified atom stereocenters. The standard InChI is InChI=1S/C16H27N3O2S/c1-10-7-19(8-11(2)21-10)15(20)17-12(3)14-18-13(9-22-14)16(4,5)6/h9-12H,7-8H2,1-6H3,(H,17,20)/t10-,11+,12-/m1/s1. The summed E-state index contributed by atoms with van der Waals surface area (Å²) in [4.78, 5) is 18.9. The predicted molar refractivity (Wildman–Crippen MR) is 89.3 cm³/mol. The molecule has 1 fully saturated rings. The minimum atomic E-state index is -0.0814. The number of aromatic nitrogens is 1. The van der Waals surface area contributed by atoms with E-state index in [1.54, 1.807) is 11.3 Å². The van der Waals surface area contributed by atoms with Gasteiger partial charge >= 0.3 is 6.03 Å². The average molecular weight is 325 g/mol. The van der Waals surface area contributed by atoms with Gasteiger partial charge in [-0.05, 0) is 20.8 Å². The first-order valence-electron chi connectivity index (χ1n) is 7.83. The van der Waals surface area contributed by atoms with Crippen molar-refractivity contribution in [1.82, 2.24) is 15.2 Å². The molecule has 6 heteroatoms. The number of urea groups is 1. The number of hydrogen-bond donors (Lipinski definition) is 1. The quantitative estimate of drug-likeness (QED) is 0.907. The molecule has 2 amide bonds. The van der Waals surface area contributed by atoms with E-state index in [0.29, 0.717) is 13.1 Å². The van der Waals surface area contributed by atoms with Crippen LogP contribution < -0.4 is 5.32 Å². The Morgan fingerprint density at radius 1 is 1.41 bits per heavy atom. The number of amides is 2. The number of hydrogen-bond acceptors (Lipinski definition) is 4. The number of nitrogens with zero attached hydrogens (tertiary/aromatic N) is 2. The number of carbonyl (C=O) groups excluding carboxylic acids is 1. The first-order valence-corrected chi connectivity index (χ1v) is 8.71. The lowest BCUT2D eigenvalue weighted by molar-refractivity contribution is -0.0547. The molecule has 1 aromatic rings. The molecule has 2 heterocycles. The molecule has 1 aliphatic rings. The van der Waals surface area contributed by atoms with Crippen LogP contribution in [-0.2, 0) is 10.2 Å². The van der Waals surface area contributed by atoms with Gasteiger partial charge in [-0.2, -0.15) is 0 Å². The van der Waals surface area contributed by atoms with Crippen LogP contribution in [0, 0.1) is 0 Å². The maximum absolute atomic E-state index is 12.4. The third kappa shape index (κ3) is 4.20. The van der Waals surface area contributed by atoms with E-state index in [1.807, 2.05) is 25.7 Å². The number of ether oxygens (including phenoxy) is 1. The van der Waals surface area contributed by atoms with Crippen molar-refractivity contribution in [2.75, 3.05) is 13.1 Å². The van der Waals surface area contributed by atoms with Crippen LogP contribution in [0.15, 0.2) is 5.38 Å². The summed E-state index contributed by atoms with van der Waals surface area (Å²) < 4.78 is 5.66. The zero-order valence-electron chi connectivity index (χ0n) is 14.3. The first kappa shape index (κ1) is 17.2. The Hall–Kier alpha value is -1.14. The van der Waals surface area contributed by atoms with Crippen molar-refractivity contribution in [1.29, 1.82) is 0 Å². The normalized spacial score (nSPS) is 24.2. The highest BCUT2D eigenvalue weighted by atomic mass is 32.1. The smallest absolute Gasteiger partial charge is 0.318 e. The van der Waals surface area contributed by atoms with Gasteiger partial charge in [-0.1, -0.05) is 20.8 Å².